The average Bonchev–Trinajstić information content (AvgIpc) is 3.06. The molecule has 51 heavy (non-hydrogen) atoms. The van der Waals surface area contributed by atoms with E-state index in [0.29, 0.717) is 63.7 Å². The van der Waals surface area contributed by atoms with E-state index in [-0.39, 0.29) is 43.0 Å². The number of Topliss-reactive ketones (excluding diaryl/α,β-unsaturated/α-hetero) is 2. The van der Waals surface area contributed by atoms with E-state index >= 15 is 0 Å². The summed E-state index contributed by atoms with van der Waals surface area (Å²) in [6.45, 7) is 5.12. The summed E-state index contributed by atoms with van der Waals surface area (Å²) in [4.78, 5) is 53.1. The lowest BCUT2D eigenvalue weighted by Crippen LogP contribution is -2.60. The van der Waals surface area contributed by atoms with E-state index in [1.165, 1.54) is 0 Å². The quantitative estimate of drug-likeness (QED) is 0.0102. The number of hydrogen-bond donors (Lipinski definition) is 15. The Morgan fingerprint density at radius 2 is 1.29 bits per heavy atom. The molecule has 0 bridgehead atoms. The number of rotatable bonds is 28. The van der Waals surface area contributed by atoms with Gasteiger partial charge in [-0.05, 0) is 63.1 Å². The largest absolute Gasteiger partial charge is 0.384 e. The van der Waals surface area contributed by atoms with Crippen molar-refractivity contribution < 1.29 is 19.2 Å². The van der Waals surface area contributed by atoms with Gasteiger partial charge in [0.25, 0.3) is 0 Å². The molecule has 0 aliphatic carbocycles. The second-order valence-corrected chi connectivity index (χ2v) is 12.6. The van der Waals surface area contributed by atoms with E-state index in [0.717, 1.165) is 5.56 Å². The molecule has 1 aromatic rings. The Morgan fingerprint density at radius 1 is 0.706 bits per heavy atom. The average molecular weight is 720 g/mol. The molecule has 0 unspecified atom stereocenters. The zero-order valence-corrected chi connectivity index (χ0v) is 29.9. The molecule has 1 rings (SSSR count). The summed E-state index contributed by atoms with van der Waals surface area (Å²) in [5, 5.41) is 28.8. The number of amidine groups is 1. The Labute approximate surface area is 300 Å². The molecule has 0 radical (unpaired) electrons. The molecule has 0 aliphatic heterocycles. The van der Waals surface area contributed by atoms with Gasteiger partial charge in [-0.3, -0.25) is 40.6 Å². The molecule has 3 atom stereocenters. The van der Waals surface area contributed by atoms with Crippen LogP contribution in [0.5, 0.6) is 0 Å². The number of nitrogens with two attached hydrogens (primary N) is 6. The van der Waals surface area contributed by atoms with Crippen molar-refractivity contribution in [3.05, 3.63) is 35.4 Å². The molecule has 0 spiro atoms. The number of amides is 2. The number of carbonyl (C=O) groups is 4. The van der Waals surface area contributed by atoms with Gasteiger partial charge < -0.3 is 50.4 Å². The van der Waals surface area contributed by atoms with Crippen molar-refractivity contribution in [3.8, 4) is 0 Å². The van der Waals surface area contributed by atoms with Gasteiger partial charge in [0.05, 0.1) is 12.1 Å². The maximum absolute atomic E-state index is 13.6. The van der Waals surface area contributed by atoms with Crippen molar-refractivity contribution in [2.24, 2.45) is 40.3 Å². The van der Waals surface area contributed by atoms with Gasteiger partial charge in [-0.25, -0.2) is 10.9 Å². The number of nitrogen functional groups attached to an aromatic ring is 1. The first-order chi connectivity index (χ1) is 24.1. The number of hydrazine groups is 1. The molecular weight excluding hydrogens is 658 g/mol. The molecule has 0 aromatic heterocycles. The maximum atomic E-state index is 13.6. The molecule has 0 saturated carbocycles. The first kappa shape index (κ1) is 44.9. The maximum Gasteiger partial charge on any atom is 0.239 e. The van der Waals surface area contributed by atoms with Crippen LogP contribution < -0.4 is 71.8 Å². The van der Waals surface area contributed by atoms with Gasteiger partial charge in [0.2, 0.25) is 23.4 Å². The molecule has 19 nitrogen and oxygen atoms in total. The molecule has 0 saturated heterocycles. The van der Waals surface area contributed by atoms with E-state index in [4.69, 9.17) is 45.2 Å². The predicted molar refractivity (Wildman–Crippen MR) is 197 cm³/mol. The Kier molecular flexibility index (Phi) is 22.0. The van der Waals surface area contributed by atoms with Crippen molar-refractivity contribution in [1.29, 1.82) is 10.8 Å². The molecule has 2 amide bonds. The fourth-order valence-electron chi connectivity index (χ4n) is 4.92. The summed E-state index contributed by atoms with van der Waals surface area (Å²) in [5.41, 5.74) is 40.4. The highest BCUT2D eigenvalue weighted by atomic mass is 16.2. The zero-order chi connectivity index (χ0) is 38.3. The molecule has 1 aromatic carbocycles. The number of nitrogens with one attached hydrogen (secondary N) is 9. The van der Waals surface area contributed by atoms with Crippen LogP contribution in [-0.2, 0) is 25.7 Å². The number of hydrogen-bond acceptors (Lipinski definition) is 14. The van der Waals surface area contributed by atoms with Gasteiger partial charge in [-0.2, -0.15) is 0 Å². The van der Waals surface area contributed by atoms with Gasteiger partial charge in [0.1, 0.15) is 24.5 Å². The fraction of sp³-hybridized carbons (Fsp3) is 0.625. The van der Waals surface area contributed by atoms with Crippen LogP contribution in [0.15, 0.2) is 24.3 Å². The summed E-state index contributed by atoms with van der Waals surface area (Å²) in [6.07, 6.45) is 1.79. The minimum atomic E-state index is -1.08. The van der Waals surface area contributed by atoms with E-state index in [2.05, 4.69) is 37.4 Å². The van der Waals surface area contributed by atoms with Crippen LogP contribution in [0.2, 0.25) is 0 Å². The van der Waals surface area contributed by atoms with Gasteiger partial charge in [0.15, 0.2) is 5.96 Å². The number of benzene rings is 1. The Bertz CT molecular complexity index is 1240. The lowest BCUT2D eigenvalue weighted by Gasteiger charge is -2.28. The third kappa shape index (κ3) is 19.8. The number of carbonyl (C=O) groups excluding carboxylic acids is 4. The summed E-state index contributed by atoms with van der Waals surface area (Å²) < 4.78 is 0. The van der Waals surface area contributed by atoms with Crippen molar-refractivity contribution >= 4 is 35.2 Å². The minimum Gasteiger partial charge on any atom is -0.384 e. The van der Waals surface area contributed by atoms with E-state index in [1.54, 1.807) is 38.1 Å². The van der Waals surface area contributed by atoms with Gasteiger partial charge in [-0.15, -0.1) is 0 Å². The number of ketones is 2. The van der Waals surface area contributed by atoms with Gasteiger partial charge >= 0.3 is 0 Å². The van der Waals surface area contributed by atoms with Crippen LogP contribution in [0.4, 0.5) is 0 Å². The van der Waals surface area contributed by atoms with Crippen LogP contribution in [0, 0.1) is 16.7 Å². The molecular formula is C32H61N15O4. The summed E-state index contributed by atoms with van der Waals surface area (Å²) in [5.74, 6) is -2.62. The minimum absolute atomic E-state index is 0.0200. The number of guanidine groups is 1. The lowest BCUT2D eigenvalue weighted by molar-refractivity contribution is -0.139. The molecule has 0 fully saturated rings. The van der Waals surface area contributed by atoms with Crippen molar-refractivity contribution in [3.63, 3.8) is 0 Å². The van der Waals surface area contributed by atoms with Crippen molar-refractivity contribution in [1.82, 2.24) is 37.4 Å². The molecule has 288 valence electrons. The Hall–Kier alpha value is -4.08. The SMILES string of the molecule is CC(C)[C@H](NN[C@@H](CCCNC(N)N)C(=O)NCc1ccc(C(=N)N)cc1)C(=O)N[C@@H](CCCNC(N)N)C(=O)C(=O)CCCCCNC(=N)N. The second-order valence-electron chi connectivity index (χ2n) is 12.6. The smallest absolute Gasteiger partial charge is 0.239 e. The van der Waals surface area contributed by atoms with Crippen LogP contribution in [0.1, 0.15) is 76.3 Å². The highest BCUT2D eigenvalue weighted by Gasteiger charge is 2.31. The third-order valence-corrected chi connectivity index (χ3v) is 7.81. The molecule has 19 heteroatoms. The van der Waals surface area contributed by atoms with E-state index in [1.807, 2.05) is 0 Å². The van der Waals surface area contributed by atoms with Crippen molar-refractivity contribution in [2.75, 3.05) is 19.6 Å². The van der Waals surface area contributed by atoms with E-state index in [9.17, 15) is 19.2 Å². The van der Waals surface area contributed by atoms with E-state index < -0.39 is 48.2 Å². The van der Waals surface area contributed by atoms with Gasteiger partial charge in [0, 0.05) is 25.1 Å². The van der Waals surface area contributed by atoms with Crippen LogP contribution >= 0.6 is 0 Å². The number of unbranched alkanes of at least 4 members (excludes halogenated alkanes) is 2. The Morgan fingerprint density at radius 3 is 1.82 bits per heavy atom. The topological polar surface area (TPSA) is 356 Å². The molecule has 21 N–H and O–H groups in total. The summed E-state index contributed by atoms with van der Waals surface area (Å²) >= 11 is 0. The highest BCUT2D eigenvalue weighted by Crippen LogP contribution is 2.09. The van der Waals surface area contributed by atoms with Gasteiger partial charge in [-0.1, -0.05) is 44.5 Å². The standard InChI is InChI=1S/C32H61N15O4/c1-19(2)25(29(51)45-22(8-6-16-42-31(37)38)26(49)24(48)10-4-3-5-15-41-30(35)36)47-46-23(9-7-17-43-32(39)40)28(50)44-18-20-11-13-21(14-12-20)27(33)34/h11-14,19,22-23,25,31-32,42-43,46-47H,3-10,15-18,37-40H2,1-2H3,(H3,33,34)(H,44,50)(H,45,51)(H4,35,36,41)/t22-,23-,25-/m0/s1. The highest BCUT2D eigenvalue weighted by molar-refractivity contribution is 6.39. The third-order valence-electron chi connectivity index (χ3n) is 7.81. The normalized spacial score (nSPS) is 13.1. The Balaban J connectivity index is 2.97. The zero-order valence-electron chi connectivity index (χ0n) is 29.9. The monoisotopic (exact) mass is 720 g/mol. The predicted octanol–water partition coefficient (Wildman–Crippen LogP) is -3.12. The molecule has 0 aliphatic rings. The van der Waals surface area contributed by atoms with Crippen LogP contribution in [0.3, 0.4) is 0 Å². The lowest BCUT2D eigenvalue weighted by atomic mass is 9.98. The fourth-order valence-corrected chi connectivity index (χ4v) is 4.92. The van der Waals surface area contributed by atoms with Crippen LogP contribution in [0.25, 0.3) is 0 Å². The van der Waals surface area contributed by atoms with Crippen molar-refractivity contribution in [2.45, 2.75) is 102 Å². The first-order valence-corrected chi connectivity index (χ1v) is 17.3. The summed E-state index contributed by atoms with van der Waals surface area (Å²) in [6, 6.07) is 4.18. The first-order valence-electron chi connectivity index (χ1n) is 17.3. The summed E-state index contributed by atoms with van der Waals surface area (Å²) in [7, 11) is 0. The van der Waals surface area contributed by atoms with Crippen LogP contribution in [-0.4, -0.2) is 85.5 Å². The molecule has 0 heterocycles. The second kappa shape index (κ2) is 25.0.